The van der Waals surface area contributed by atoms with Crippen LogP contribution < -0.4 is 0 Å². The highest BCUT2D eigenvalue weighted by molar-refractivity contribution is 5.19. The highest BCUT2D eigenvalue weighted by atomic mass is 19.1. The number of methoxy groups -OCH3 is 1. The molecule has 1 fully saturated rings. The van der Waals surface area contributed by atoms with Gasteiger partial charge < -0.3 is 4.74 Å². The summed E-state index contributed by atoms with van der Waals surface area (Å²) in [5.41, 5.74) is 1.02. The number of nitrogens with zero attached hydrogens (tertiary/aromatic N) is 3. The van der Waals surface area contributed by atoms with Gasteiger partial charge in [0.15, 0.2) is 0 Å². The maximum Gasteiger partial charge on any atom is 0.138 e. The van der Waals surface area contributed by atoms with E-state index in [0.29, 0.717) is 13.2 Å². The lowest BCUT2D eigenvalue weighted by Gasteiger charge is -2.40. The standard InChI is InChI=1S/C15H18FN3O/c1-20-10-15(7-2-8-15)14-17-11-18-19(14)9-12-3-5-13(16)6-4-12/h3-6,11H,2,7-10H2,1H3. The van der Waals surface area contributed by atoms with E-state index in [2.05, 4.69) is 10.1 Å². The molecule has 0 spiro atoms. The van der Waals surface area contributed by atoms with Gasteiger partial charge in [-0.25, -0.2) is 14.1 Å². The van der Waals surface area contributed by atoms with Gasteiger partial charge in [0, 0.05) is 7.11 Å². The minimum absolute atomic E-state index is 0.00524. The molecule has 0 unspecified atom stereocenters. The summed E-state index contributed by atoms with van der Waals surface area (Å²) in [6.07, 6.45) is 4.97. The molecule has 0 bridgehead atoms. The summed E-state index contributed by atoms with van der Waals surface area (Å²) in [4.78, 5) is 4.44. The fourth-order valence-corrected chi connectivity index (χ4v) is 2.87. The maximum absolute atomic E-state index is 12.9. The Morgan fingerprint density at radius 2 is 2.05 bits per heavy atom. The molecule has 1 aliphatic rings. The van der Waals surface area contributed by atoms with Gasteiger partial charge in [-0.2, -0.15) is 5.10 Å². The summed E-state index contributed by atoms with van der Waals surface area (Å²) in [6, 6.07) is 6.51. The van der Waals surface area contributed by atoms with Gasteiger partial charge in [-0.3, -0.25) is 0 Å². The predicted octanol–water partition coefficient (Wildman–Crippen LogP) is 2.53. The molecule has 0 amide bonds. The number of aromatic nitrogens is 3. The topological polar surface area (TPSA) is 39.9 Å². The molecule has 0 aliphatic heterocycles. The van der Waals surface area contributed by atoms with Crippen LogP contribution in [0.15, 0.2) is 30.6 Å². The van der Waals surface area contributed by atoms with Crippen LogP contribution in [0.3, 0.4) is 0 Å². The highest BCUT2D eigenvalue weighted by Crippen LogP contribution is 2.42. The van der Waals surface area contributed by atoms with Crippen LogP contribution in [-0.2, 0) is 16.7 Å². The first-order valence-corrected chi connectivity index (χ1v) is 6.85. The van der Waals surface area contributed by atoms with E-state index in [1.54, 1.807) is 25.6 Å². The van der Waals surface area contributed by atoms with Crippen LogP contribution in [0.5, 0.6) is 0 Å². The Labute approximate surface area is 117 Å². The SMILES string of the molecule is COCC1(c2ncnn2Cc2ccc(F)cc2)CCC1. The summed E-state index contributed by atoms with van der Waals surface area (Å²) in [5, 5.41) is 4.32. The van der Waals surface area contributed by atoms with Crippen LogP contribution in [-0.4, -0.2) is 28.5 Å². The molecule has 1 heterocycles. The summed E-state index contributed by atoms with van der Waals surface area (Å²) >= 11 is 0. The van der Waals surface area contributed by atoms with Crippen molar-refractivity contribution in [3.63, 3.8) is 0 Å². The molecule has 1 aliphatic carbocycles. The van der Waals surface area contributed by atoms with E-state index in [1.165, 1.54) is 18.6 Å². The van der Waals surface area contributed by atoms with E-state index in [-0.39, 0.29) is 11.2 Å². The largest absolute Gasteiger partial charge is 0.384 e. The van der Waals surface area contributed by atoms with Gasteiger partial charge in [0.2, 0.25) is 0 Å². The average molecular weight is 275 g/mol. The van der Waals surface area contributed by atoms with Crippen molar-refractivity contribution in [2.24, 2.45) is 0 Å². The minimum atomic E-state index is -0.220. The van der Waals surface area contributed by atoms with Crippen molar-refractivity contribution in [1.29, 1.82) is 0 Å². The van der Waals surface area contributed by atoms with Crippen molar-refractivity contribution in [2.75, 3.05) is 13.7 Å². The lowest BCUT2D eigenvalue weighted by Crippen LogP contribution is -2.41. The fourth-order valence-electron chi connectivity index (χ4n) is 2.87. The number of rotatable bonds is 5. The third kappa shape index (κ3) is 2.33. The lowest BCUT2D eigenvalue weighted by atomic mass is 9.68. The number of ether oxygens (including phenoxy) is 1. The molecule has 0 atom stereocenters. The Morgan fingerprint density at radius 3 is 2.65 bits per heavy atom. The van der Waals surface area contributed by atoms with Crippen LogP contribution in [0, 0.1) is 5.82 Å². The first-order valence-electron chi connectivity index (χ1n) is 6.85. The zero-order chi connectivity index (χ0) is 14.0. The average Bonchev–Trinajstić information content (AvgIpc) is 2.85. The molecule has 3 rings (SSSR count). The molecular weight excluding hydrogens is 257 g/mol. The molecule has 1 saturated carbocycles. The second kappa shape index (κ2) is 5.32. The number of hydrogen-bond acceptors (Lipinski definition) is 3. The fraction of sp³-hybridized carbons (Fsp3) is 0.467. The molecule has 4 nitrogen and oxygen atoms in total. The second-order valence-electron chi connectivity index (χ2n) is 5.43. The molecule has 1 aromatic carbocycles. The van der Waals surface area contributed by atoms with Crippen LogP contribution in [0.2, 0.25) is 0 Å². The summed E-state index contributed by atoms with van der Waals surface area (Å²) in [7, 11) is 1.72. The summed E-state index contributed by atoms with van der Waals surface area (Å²) in [6.45, 7) is 1.29. The van der Waals surface area contributed by atoms with E-state index in [4.69, 9.17) is 4.74 Å². The van der Waals surface area contributed by atoms with Crippen molar-refractivity contribution >= 4 is 0 Å². The van der Waals surface area contributed by atoms with Crippen LogP contribution in [0.25, 0.3) is 0 Å². The Kier molecular flexibility index (Phi) is 3.53. The van der Waals surface area contributed by atoms with E-state index in [1.807, 2.05) is 4.68 Å². The molecule has 0 saturated heterocycles. The van der Waals surface area contributed by atoms with Gasteiger partial charge in [-0.05, 0) is 30.5 Å². The van der Waals surface area contributed by atoms with Gasteiger partial charge in [0.05, 0.1) is 18.6 Å². The molecule has 2 aromatic rings. The Balaban J connectivity index is 1.84. The molecule has 1 aromatic heterocycles. The van der Waals surface area contributed by atoms with Crippen molar-refractivity contribution in [1.82, 2.24) is 14.8 Å². The van der Waals surface area contributed by atoms with Crippen molar-refractivity contribution in [2.45, 2.75) is 31.2 Å². The quantitative estimate of drug-likeness (QED) is 0.842. The van der Waals surface area contributed by atoms with Gasteiger partial charge in [-0.1, -0.05) is 18.6 Å². The maximum atomic E-state index is 12.9. The minimum Gasteiger partial charge on any atom is -0.384 e. The lowest BCUT2D eigenvalue weighted by molar-refractivity contribution is 0.0701. The Morgan fingerprint density at radius 1 is 1.30 bits per heavy atom. The van der Waals surface area contributed by atoms with Gasteiger partial charge in [-0.15, -0.1) is 0 Å². The predicted molar refractivity (Wildman–Crippen MR) is 72.9 cm³/mol. The van der Waals surface area contributed by atoms with E-state index in [0.717, 1.165) is 24.2 Å². The highest BCUT2D eigenvalue weighted by Gasteiger charge is 2.42. The van der Waals surface area contributed by atoms with E-state index in [9.17, 15) is 4.39 Å². The first-order chi connectivity index (χ1) is 9.73. The number of benzene rings is 1. The van der Waals surface area contributed by atoms with Gasteiger partial charge in [0.25, 0.3) is 0 Å². The Hall–Kier alpha value is -1.75. The monoisotopic (exact) mass is 275 g/mol. The summed E-state index contributed by atoms with van der Waals surface area (Å²) < 4.78 is 20.2. The third-order valence-electron chi connectivity index (χ3n) is 4.07. The van der Waals surface area contributed by atoms with Crippen LogP contribution in [0.1, 0.15) is 30.7 Å². The summed E-state index contributed by atoms with van der Waals surface area (Å²) in [5.74, 6) is 0.761. The Bertz CT molecular complexity index is 575. The van der Waals surface area contributed by atoms with Crippen molar-refractivity contribution < 1.29 is 9.13 Å². The van der Waals surface area contributed by atoms with E-state index >= 15 is 0 Å². The van der Waals surface area contributed by atoms with E-state index < -0.39 is 0 Å². The van der Waals surface area contributed by atoms with Crippen molar-refractivity contribution in [3.05, 3.63) is 47.8 Å². The molecule has 106 valence electrons. The van der Waals surface area contributed by atoms with Crippen molar-refractivity contribution in [3.8, 4) is 0 Å². The zero-order valence-electron chi connectivity index (χ0n) is 11.6. The molecule has 0 N–H and O–H groups in total. The van der Waals surface area contributed by atoms with Gasteiger partial charge in [0.1, 0.15) is 18.0 Å². The van der Waals surface area contributed by atoms with Crippen LogP contribution in [0.4, 0.5) is 4.39 Å². The molecule has 0 radical (unpaired) electrons. The number of halogens is 1. The smallest absolute Gasteiger partial charge is 0.138 e. The first kappa shape index (κ1) is 13.2. The molecule has 20 heavy (non-hydrogen) atoms. The third-order valence-corrected chi connectivity index (χ3v) is 4.07. The molecule has 5 heteroatoms. The van der Waals surface area contributed by atoms with Gasteiger partial charge >= 0.3 is 0 Å². The second-order valence-corrected chi connectivity index (χ2v) is 5.43. The normalized spacial score (nSPS) is 16.9. The zero-order valence-corrected chi connectivity index (χ0v) is 11.6. The van der Waals surface area contributed by atoms with Crippen LogP contribution >= 0.6 is 0 Å². The molecular formula is C15H18FN3O. The number of hydrogen-bond donors (Lipinski definition) is 0.